The number of piperidine rings is 1. The summed E-state index contributed by atoms with van der Waals surface area (Å²) in [5.41, 5.74) is 1.61. The van der Waals surface area contributed by atoms with Gasteiger partial charge in [0, 0.05) is 31.9 Å². The predicted molar refractivity (Wildman–Crippen MR) is 119 cm³/mol. The number of rotatable bonds is 7. The number of likely N-dealkylation sites (tertiary alicyclic amines) is 1. The van der Waals surface area contributed by atoms with Crippen LogP contribution in [-0.4, -0.2) is 46.1 Å². The first-order valence-electron chi connectivity index (χ1n) is 11.3. The molecule has 1 aliphatic carbocycles. The van der Waals surface area contributed by atoms with E-state index in [4.69, 9.17) is 9.26 Å². The number of aryl methyl sites for hydroxylation is 1. The van der Waals surface area contributed by atoms with E-state index in [1.54, 1.807) is 19.5 Å². The quantitative estimate of drug-likeness (QED) is 0.560. The SMILES string of the molecule is COc1ccc(C2(C(=O)N3CCCC(CCc4noc(-c5cccnc5)n4)C3)CC2)cc1. The maximum absolute atomic E-state index is 13.5. The maximum Gasteiger partial charge on any atom is 0.259 e. The molecule has 2 fully saturated rings. The second kappa shape index (κ2) is 8.73. The number of benzene rings is 1. The van der Waals surface area contributed by atoms with Crippen LogP contribution in [0.4, 0.5) is 0 Å². The zero-order chi connectivity index (χ0) is 22.0. The van der Waals surface area contributed by atoms with Crippen LogP contribution in [0.1, 0.15) is 43.5 Å². The van der Waals surface area contributed by atoms with Crippen molar-refractivity contribution in [2.75, 3.05) is 20.2 Å². The molecular weight excluding hydrogens is 404 g/mol. The Kier molecular flexibility index (Phi) is 5.64. The summed E-state index contributed by atoms with van der Waals surface area (Å²) in [7, 11) is 1.66. The molecule has 32 heavy (non-hydrogen) atoms. The number of nitrogens with zero attached hydrogens (tertiary/aromatic N) is 4. The summed E-state index contributed by atoms with van der Waals surface area (Å²) >= 11 is 0. The second-order valence-electron chi connectivity index (χ2n) is 8.87. The molecule has 3 heterocycles. The van der Waals surface area contributed by atoms with Crippen LogP contribution in [0.25, 0.3) is 11.5 Å². The Bertz CT molecular complexity index is 1060. The van der Waals surface area contributed by atoms with Gasteiger partial charge >= 0.3 is 0 Å². The lowest BCUT2D eigenvalue weighted by Crippen LogP contribution is -2.45. The van der Waals surface area contributed by atoms with E-state index in [0.717, 1.165) is 68.5 Å². The highest BCUT2D eigenvalue weighted by Crippen LogP contribution is 2.50. The normalized spacial score (nSPS) is 19.5. The van der Waals surface area contributed by atoms with E-state index in [1.165, 1.54) is 0 Å². The number of carbonyl (C=O) groups excluding carboxylic acids is 1. The standard InChI is InChI=1S/C25H28N4O3/c1-31-21-9-7-20(8-10-21)25(12-13-25)24(30)29-15-3-4-18(17-29)6-11-22-27-23(32-28-22)19-5-2-14-26-16-19/h2,5,7-10,14,16,18H,3-4,6,11-13,15,17H2,1H3. The van der Waals surface area contributed by atoms with Crippen molar-refractivity contribution in [3.63, 3.8) is 0 Å². The zero-order valence-corrected chi connectivity index (χ0v) is 18.4. The molecule has 3 aromatic rings. The fraction of sp³-hybridized carbons (Fsp3) is 0.440. The van der Waals surface area contributed by atoms with Crippen LogP contribution >= 0.6 is 0 Å². The monoisotopic (exact) mass is 432 g/mol. The number of ether oxygens (including phenoxy) is 1. The van der Waals surface area contributed by atoms with Gasteiger partial charge in [0.1, 0.15) is 5.75 Å². The summed E-state index contributed by atoms with van der Waals surface area (Å²) in [6.07, 6.45) is 9.18. The Morgan fingerprint density at radius 1 is 1.25 bits per heavy atom. The number of aromatic nitrogens is 3. The minimum absolute atomic E-state index is 0.283. The Morgan fingerprint density at radius 3 is 2.81 bits per heavy atom. The third kappa shape index (κ3) is 4.11. The highest BCUT2D eigenvalue weighted by molar-refractivity contribution is 5.91. The van der Waals surface area contributed by atoms with Crippen molar-refractivity contribution in [1.29, 1.82) is 0 Å². The molecule has 7 nitrogen and oxygen atoms in total. The van der Waals surface area contributed by atoms with Crippen LogP contribution < -0.4 is 4.74 Å². The molecule has 166 valence electrons. The Labute approximate surface area is 187 Å². The zero-order valence-electron chi connectivity index (χ0n) is 18.4. The lowest BCUT2D eigenvalue weighted by Gasteiger charge is -2.35. The highest BCUT2D eigenvalue weighted by atomic mass is 16.5. The van der Waals surface area contributed by atoms with Crippen molar-refractivity contribution in [1.82, 2.24) is 20.0 Å². The fourth-order valence-electron chi connectivity index (χ4n) is 4.74. The van der Waals surface area contributed by atoms with Crippen LogP contribution in [0.2, 0.25) is 0 Å². The van der Waals surface area contributed by atoms with Crippen molar-refractivity contribution in [3.05, 3.63) is 60.2 Å². The minimum atomic E-state index is -0.333. The summed E-state index contributed by atoms with van der Waals surface area (Å²) in [6.45, 7) is 1.66. The number of hydrogen-bond acceptors (Lipinski definition) is 6. The van der Waals surface area contributed by atoms with E-state index < -0.39 is 0 Å². The van der Waals surface area contributed by atoms with Crippen molar-refractivity contribution in [2.45, 2.75) is 43.9 Å². The van der Waals surface area contributed by atoms with Gasteiger partial charge in [-0.25, -0.2) is 0 Å². The number of methoxy groups -OCH3 is 1. The molecule has 0 spiro atoms. The van der Waals surface area contributed by atoms with Crippen LogP contribution in [0.5, 0.6) is 5.75 Å². The Balaban J connectivity index is 1.19. The van der Waals surface area contributed by atoms with E-state index in [0.29, 0.717) is 17.6 Å². The second-order valence-corrected chi connectivity index (χ2v) is 8.87. The van der Waals surface area contributed by atoms with Crippen molar-refractivity contribution < 1.29 is 14.1 Å². The number of amides is 1. The van der Waals surface area contributed by atoms with E-state index in [-0.39, 0.29) is 11.3 Å². The van der Waals surface area contributed by atoms with Gasteiger partial charge in [-0.15, -0.1) is 0 Å². The van der Waals surface area contributed by atoms with Crippen LogP contribution in [-0.2, 0) is 16.6 Å². The fourth-order valence-corrected chi connectivity index (χ4v) is 4.74. The third-order valence-electron chi connectivity index (χ3n) is 6.76. The van der Waals surface area contributed by atoms with Crippen molar-refractivity contribution in [3.8, 4) is 17.2 Å². The van der Waals surface area contributed by atoms with Gasteiger partial charge in [-0.3, -0.25) is 9.78 Å². The van der Waals surface area contributed by atoms with Gasteiger partial charge in [-0.2, -0.15) is 4.98 Å². The smallest absolute Gasteiger partial charge is 0.259 e. The van der Waals surface area contributed by atoms with Crippen molar-refractivity contribution >= 4 is 5.91 Å². The highest BCUT2D eigenvalue weighted by Gasteiger charge is 2.53. The van der Waals surface area contributed by atoms with E-state index >= 15 is 0 Å². The summed E-state index contributed by atoms with van der Waals surface area (Å²) < 4.78 is 10.7. The number of carbonyl (C=O) groups is 1. The first kappa shape index (κ1) is 20.7. The molecule has 1 saturated carbocycles. The largest absolute Gasteiger partial charge is 0.497 e. The topological polar surface area (TPSA) is 81.4 Å². The van der Waals surface area contributed by atoms with Gasteiger partial charge in [0.05, 0.1) is 18.1 Å². The molecule has 1 saturated heterocycles. The summed E-state index contributed by atoms with van der Waals surface area (Å²) in [5, 5.41) is 4.13. The van der Waals surface area contributed by atoms with Crippen LogP contribution in [0.15, 0.2) is 53.3 Å². The van der Waals surface area contributed by atoms with Gasteiger partial charge in [0.2, 0.25) is 5.91 Å². The molecule has 5 rings (SSSR count). The molecule has 1 amide bonds. The number of hydrogen-bond donors (Lipinski definition) is 0. The van der Waals surface area contributed by atoms with Gasteiger partial charge in [-0.1, -0.05) is 17.3 Å². The summed E-state index contributed by atoms with van der Waals surface area (Å²) in [5.74, 6) is 2.78. The average Bonchev–Trinajstić information content (AvgIpc) is 3.53. The molecule has 1 aliphatic heterocycles. The van der Waals surface area contributed by atoms with Crippen LogP contribution in [0.3, 0.4) is 0 Å². The predicted octanol–water partition coefficient (Wildman–Crippen LogP) is 4.04. The van der Waals surface area contributed by atoms with Gasteiger partial charge in [0.25, 0.3) is 5.89 Å². The molecule has 1 unspecified atom stereocenters. The third-order valence-corrected chi connectivity index (χ3v) is 6.76. The maximum atomic E-state index is 13.5. The average molecular weight is 433 g/mol. The lowest BCUT2D eigenvalue weighted by molar-refractivity contribution is -0.135. The molecule has 2 aliphatic rings. The number of pyridine rings is 1. The van der Waals surface area contributed by atoms with Crippen LogP contribution in [0, 0.1) is 5.92 Å². The first-order chi connectivity index (χ1) is 15.7. The van der Waals surface area contributed by atoms with E-state index in [2.05, 4.69) is 20.0 Å². The minimum Gasteiger partial charge on any atom is -0.497 e. The Hall–Kier alpha value is -3.22. The first-order valence-corrected chi connectivity index (χ1v) is 11.3. The molecular formula is C25H28N4O3. The Morgan fingerprint density at radius 2 is 2.09 bits per heavy atom. The van der Waals surface area contributed by atoms with Crippen molar-refractivity contribution in [2.24, 2.45) is 5.92 Å². The molecule has 2 aromatic heterocycles. The molecule has 0 N–H and O–H groups in total. The lowest BCUT2D eigenvalue weighted by atomic mass is 9.89. The molecule has 1 atom stereocenters. The molecule has 0 radical (unpaired) electrons. The van der Waals surface area contributed by atoms with E-state index in [1.807, 2.05) is 36.4 Å². The molecule has 1 aromatic carbocycles. The summed E-state index contributed by atoms with van der Waals surface area (Å²) in [4.78, 5) is 24.2. The van der Waals surface area contributed by atoms with Gasteiger partial charge in [0.15, 0.2) is 5.82 Å². The van der Waals surface area contributed by atoms with Gasteiger partial charge in [-0.05, 0) is 67.9 Å². The van der Waals surface area contributed by atoms with E-state index in [9.17, 15) is 4.79 Å². The molecule has 0 bridgehead atoms. The van der Waals surface area contributed by atoms with Gasteiger partial charge < -0.3 is 14.2 Å². The summed E-state index contributed by atoms with van der Waals surface area (Å²) in [6, 6.07) is 11.7. The molecule has 7 heteroatoms.